The first kappa shape index (κ1) is 30.4. The van der Waals surface area contributed by atoms with Gasteiger partial charge < -0.3 is 9.47 Å². The Balaban J connectivity index is 1.41. The molecule has 4 aromatic rings. The monoisotopic (exact) mass is 586 g/mol. The Bertz CT molecular complexity index is 1590. The molecule has 0 bridgehead atoms. The second kappa shape index (κ2) is 12.3. The Morgan fingerprint density at radius 2 is 1.72 bits per heavy atom. The molecule has 10 nitrogen and oxygen atoms in total. The first-order valence-corrected chi connectivity index (χ1v) is 15.0. The fraction of sp³-hybridized carbons (Fsp3) is 0.485. The molecule has 1 aromatic carbocycles. The molecule has 0 fully saturated rings. The third kappa shape index (κ3) is 7.48. The first-order chi connectivity index (χ1) is 20.4. The molecule has 3 aromatic heterocycles. The lowest BCUT2D eigenvalue weighted by molar-refractivity contribution is 0.0521. The van der Waals surface area contributed by atoms with Crippen LogP contribution in [0.1, 0.15) is 89.6 Å². The Hall–Kier alpha value is -4.05. The van der Waals surface area contributed by atoms with Crippen molar-refractivity contribution in [1.82, 2.24) is 29.0 Å². The number of ether oxygens (including phenoxy) is 2. The van der Waals surface area contributed by atoms with Crippen LogP contribution < -0.4 is 0 Å². The van der Waals surface area contributed by atoms with Crippen LogP contribution in [0.25, 0.3) is 11.0 Å². The van der Waals surface area contributed by atoms with Crippen LogP contribution in [0.4, 0.5) is 9.59 Å². The van der Waals surface area contributed by atoms with Crippen LogP contribution in [-0.4, -0.2) is 58.9 Å². The summed E-state index contributed by atoms with van der Waals surface area (Å²) in [4.78, 5) is 42.5. The predicted octanol–water partition coefficient (Wildman–Crippen LogP) is 6.71. The topological polar surface area (TPSA) is 104 Å². The second-order valence-electron chi connectivity index (χ2n) is 13.1. The number of nitrogens with zero attached hydrogens (tertiary/aromatic N) is 6. The van der Waals surface area contributed by atoms with Crippen molar-refractivity contribution in [2.24, 2.45) is 0 Å². The molecule has 1 atom stereocenters. The second-order valence-corrected chi connectivity index (χ2v) is 13.1. The van der Waals surface area contributed by atoms with Crippen molar-refractivity contribution in [1.29, 1.82) is 0 Å². The third-order valence-electron chi connectivity index (χ3n) is 7.28. The number of carbonyl (C=O) groups is 2. The molecule has 5 rings (SSSR count). The Labute approximate surface area is 253 Å². The third-order valence-corrected chi connectivity index (χ3v) is 7.28. The molecule has 0 spiro atoms. The minimum absolute atomic E-state index is 0.0798. The quantitative estimate of drug-likeness (QED) is 0.235. The van der Waals surface area contributed by atoms with Crippen LogP contribution in [0.5, 0.6) is 0 Å². The molecular formula is C33H42N6O4. The summed E-state index contributed by atoms with van der Waals surface area (Å²) < 4.78 is 14.3. The van der Waals surface area contributed by atoms with Crippen molar-refractivity contribution in [3.63, 3.8) is 0 Å². The van der Waals surface area contributed by atoms with E-state index in [-0.39, 0.29) is 6.04 Å². The number of aromatic nitrogens is 5. The SMILES string of the molecule is CC(C)(C)OC(=O)n1cnc(CCCN(Cc2nc3ccccc3n2C(=O)OC(C)(C)C)C2CCCc3cccnc32)c1. The smallest absolute Gasteiger partial charge is 0.420 e. The van der Waals surface area contributed by atoms with Crippen molar-refractivity contribution < 1.29 is 19.1 Å². The summed E-state index contributed by atoms with van der Waals surface area (Å²) in [6.45, 7) is 12.3. The summed E-state index contributed by atoms with van der Waals surface area (Å²) in [6, 6.07) is 11.9. The molecule has 1 aliphatic carbocycles. The van der Waals surface area contributed by atoms with Crippen molar-refractivity contribution in [2.75, 3.05) is 6.54 Å². The lowest BCUT2D eigenvalue weighted by Crippen LogP contribution is -2.35. The largest absolute Gasteiger partial charge is 0.443 e. The number of rotatable bonds is 7. The zero-order valence-electron chi connectivity index (χ0n) is 26.0. The molecule has 0 amide bonds. The van der Waals surface area contributed by atoms with Gasteiger partial charge in [0.25, 0.3) is 0 Å². The maximum Gasteiger partial charge on any atom is 0.420 e. The van der Waals surface area contributed by atoms with Gasteiger partial charge in [0, 0.05) is 12.4 Å². The van der Waals surface area contributed by atoms with E-state index in [1.807, 2.05) is 78.1 Å². The van der Waals surface area contributed by atoms with Gasteiger partial charge in [-0.15, -0.1) is 0 Å². The van der Waals surface area contributed by atoms with Crippen molar-refractivity contribution >= 4 is 23.2 Å². The van der Waals surface area contributed by atoms with Gasteiger partial charge in [0.05, 0.1) is 35.0 Å². The summed E-state index contributed by atoms with van der Waals surface area (Å²) in [7, 11) is 0. The van der Waals surface area contributed by atoms with Gasteiger partial charge in [0.1, 0.15) is 23.4 Å². The lowest BCUT2D eigenvalue weighted by atomic mass is 9.90. The van der Waals surface area contributed by atoms with Gasteiger partial charge in [-0.25, -0.2) is 28.7 Å². The van der Waals surface area contributed by atoms with E-state index in [1.165, 1.54) is 16.5 Å². The Morgan fingerprint density at radius 1 is 0.977 bits per heavy atom. The lowest BCUT2D eigenvalue weighted by Gasteiger charge is -2.35. The van der Waals surface area contributed by atoms with Gasteiger partial charge >= 0.3 is 12.2 Å². The average Bonchev–Trinajstić information content (AvgIpc) is 3.55. The number of fused-ring (bicyclic) bond motifs is 2. The molecule has 1 unspecified atom stereocenters. The Kier molecular flexibility index (Phi) is 8.69. The molecule has 43 heavy (non-hydrogen) atoms. The maximum absolute atomic E-state index is 13.5. The summed E-state index contributed by atoms with van der Waals surface area (Å²) in [6.07, 6.45) is 8.70. The van der Waals surface area contributed by atoms with Gasteiger partial charge in [-0.1, -0.05) is 18.2 Å². The molecule has 0 N–H and O–H groups in total. The van der Waals surface area contributed by atoms with E-state index in [9.17, 15) is 9.59 Å². The van der Waals surface area contributed by atoms with Gasteiger partial charge in [-0.05, 0) is 104 Å². The standard InChI is InChI=1S/C33H42N6O4/c1-32(2,3)42-30(40)38-20-24(35-22-38)14-11-19-37(27-17-9-12-23-13-10-18-34-29(23)27)21-28-36-25-15-7-8-16-26(25)39(28)31(41)43-33(4,5)6/h7-8,10,13,15-16,18,20,22,27H,9,11-12,14,17,19,21H2,1-6H3. The molecular weight excluding hydrogens is 544 g/mol. The van der Waals surface area contributed by atoms with E-state index in [0.717, 1.165) is 54.6 Å². The molecule has 3 heterocycles. The van der Waals surface area contributed by atoms with Gasteiger partial charge in [0.15, 0.2) is 0 Å². The summed E-state index contributed by atoms with van der Waals surface area (Å²) in [5.74, 6) is 0.632. The van der Waals surface area contributed by atoms with E-state index in [4.69, 9.17) is 19.4 Å². The highest BCUT2D eigenvalue weighted by atomic mass is 16.6. The average molecular weight is 587 g/mol. The zero-order chi connectivity index (χ0) is 30.8. The van der Waals surface area contributed by atoms with Crippen molar-refractivity contribution in [2.45, 2.75) is 97.4 Å². The van der Waals surface area contributed by atoms with E-state index in [2.05, 4.69) is 16.0 Å². The van der Waals surface area contributed by atoms with Gasteiger partial charge in [0.2, 0.25) is 0 Å². The van der Waals surface area contributed by atoms with E-state index < -0.39 is 23.4 Å². The molecule has 1 aliphatic rings. The highest BCUT2D eigenvalue weighted by Crippen LogP contribution is 2.34. The predicted molar refractivity (Wildman–Crippen MR) is 164 cm³/mol. The molecule has 228 valence electrons. The number of aryl methyl sites for hydroxylation is 2. The van der Waals surface area contributed by atoms with Crippen LogP contribution in [0.15, 0.2) is 55.1 Å². The minimum atomic E-state index is -0.644. The zero-order valence-corrected chi connectivity index (χ0v) is 26.0. The number of hydrogen-bond donors (Lipinski definition) is 0. The number of hydrogen-bond acceptors (Lipinski definition) is 8. The molecule has 0 aliphatic heterocycles. The van der Waals surface area contributed by atoms with Gasteiger partial charge in [-0.3, -0.25) is 9.88 Å². The molecule has 10 heteroatoms. The minimum Gasteiger partial charge on any atom is -0.443 e. The number of benzene rings is 1. The number of pyridine rings is 1. The number of imidazole rings is 2. The summed E-state index contributed by atoms with van der Waals surface area (Å²) in [5, 5.41) is 0. The fourth-order valence-corrected chi connectivity index (χ4v) is 5.53. The van der Waals surface area contributed by atoms with Crippen molar-refractivity contribution in [3.8, 4) is 0 Å². The van der Waals surface area contributed by atoms with E-state index in [0.29, 0.717) is 18.8 Å². The summed E-state index contributed by atoms with van der Waals surface area (Å²) in [5.41, 5.74) is 3.41. The number of para-hydroxylation sites is 2. The van der Waals surface area contributed by atoms with Crippen molar-refractivity contribution in [3.05, 3.63) is 77.9 Å². The highest BCUT2D eigenvalue weighted by molar-refractivity contribution is 5.87. The normalized spacial score (nSPS) is 15.5. The molecule has 0 saturated heterocycles. The van der Waals surface area contributed by atoms with Crippen LogP contribution in [-0.2, 0) is 28.9 Å². The summed E-state index contributed by atoms with van der Waals surface area (Å²) >= 11 is 0. The molecule has 0 radical (unpaired) electrons. The fourth-order valence-electron chi connectivity index (χ4n) is 5.53. The Morgan fingerprint density at radius 3 is 2.49 bits per heavy atom. The van der Waals surface area contributed by atoms with Gasteiger partial charge in [-0.2, -0.15) is 0 Å². The molecule has 0 saturated carbocycles. The van der Waals surface area contributed by atoms with Crippen LogP contribution in [0, 0.1) is 0 Å². The van der Waals surface area contributed by atoms with E-state index in [1.54, 1.807) is 10.8 Å². The first-order valence-electron chi connectivity index (χ1n) is 15.0. The number of carbonyl (C=O) groups excluding carboxylic acids is 2. The maximum atomic E-state index is 13.5. The van der Waals surface area contributed by atoms with E-state index >= 15 is 0 Å². The van der Waals surface area contributed by atoms with Crippen LogP contribution in [0.3, 0.4) is 0 Å². The van der Waals surface area contributed by atoms with Crippen LogP contribution >= 0.6 is 0 Å². The van der Waals surface area contributed by atoms with Crippen LogP contribution in [0.2, 0.25) is 0 Å². The highest BCUT2D eigenvalue weighted by Gasteiger charge is 2.30.